The Morgan fingerprint density at radius 2 is 0.400 bits per heavy atom. The maximum Gasteiger partial charge on any atom is -0.0533 e. The Morgan fingerprint density at radius 3 is 0.450 bits per heavy atom. The van der Waals surface area contributed by atoms with Gasteiger partial charge in [-0.2, -0.15) is 0 Å². The minimum atomic E-state index is 1.25. The van der Waals surface area contributed by atoms with E-state index in [0.29, 0.717) is 0 Å². The first-order valence-corrected chi connectivity index (χ1v) is 9.83. The Balaban J connectivity index is -0.000000195. The van der Waals surface area contributed by atoms with E-state index in [1.807, 2.05) is 13.8 Å². The van der Waals surface area contributed by atoms with Gasteiger partial charge in [-0.1, -0.05) is 131 Å². The van der Waals surface area contributed by atoms with Crippen molar-refractivity contribution in [2.24, 2.45) is 0 Å². The molecule has 0 bridgehead atoms. The number of rotatable bonds is 0. The van der Waals surface area contributed by atoms with Gasteiger partial charge in [0.1, 0.15) is 0 Å². The molecule has 0 unspecified atom stereocenters. The van der Waals surface area contributed by atoms with Gasteiger partial charge >= 0.3 is 0 Å². The second-order valence-corrected chi connectivity index (χ2v) is 5.66. The first kappa shape index (κ1) is 25.0. The summed E-state index contributed by atoms with van der Waals surface area (Å²) >= 11 is 0. The fourth-order valence-electron chi connectivity index (χ4n) is 2.12. The van der Waals surface area contributed by atoms with Crippen molar-refractivity contribution in [1.29, 1.82) is 0 Å². The molecule has 0 N–H and O–H groups in total. The normalized spacial score (nSPS) is 16.5. The van der Waals surface area contributed by atoms with Crippen LogP contribution in [0.1, 0.15) is 131 Å². The molecule has 20 heavy (non-hydrogen) atoms. The summed E-state index contributed by atoms with van der Waals surface area (Å²) in [6.07, 6.45) is 20.5. The largest absolute Gasteiger partial charge is 0.0683 e. The highest BCUT2D eigenvalue weighted by molar-refractivity contribution is 4.51. The average molecular weight is 287 g/mol. The molecule has 2 aliphatic rings. The first-order valence-electron chi connectivity index (χ1n) is 9.83. The molecule has 0 amide bonds. The first-order chi connectivity index (χ1) is 9.83. The second kappa shape index (κ2) is 31.4. The summed E-state index contributed by atoms with van der Waals surface area (Å²) in [6, 6.07) is 0. The number of hydrogen-bond acceptors (Lipinski definition) is 0. The standard InChI is InChI=1S/2C6H12.2C3H8.C2H6/c2*1-2-4-6-5-3-1;2*1-3-2;1-2/h2*1-6H2;2*3H2,1-2H3;1-2H3. The van der Waals surface area contributed by atoms with Crippen molar-refractivity contribution in [2.75, 3.05) is 0 Å². The van der Waals surface area contributed by atoms with Crippen LogP contribution in [0.15, 0.2) is 0 Å². The fraction of sp³-hybridized carbons (Fsp3) is 1.00. The van der Waals surface area contributed by atoms with Crippen LogP contribution in [0.2, 0.25) is 0 Å². The summed E-state index contributed by atoms with van der Waals surface area (Å²) in [5.74, 6) is 0. The highest BCUT2D eigenvalue weighted by Gasteiger charge is 1.96. The summed E-state index contributed by atoms with van der Waals surface area (Å²) in [5.41, 5.74) is 0. The van der Waals surface area contributed by atoms with Crippen LogP contribution in [-0.2, 0) is 0 Å². The van der Waals surface area contributed by atoms with E-state index in [0.717, 1.165) is 0 Å². The smallest absolute Gasteiger partial charge is 0.0533 e. The summed E-state index contributed by atoms with van der Waals surface area (Å²) < 4.78 is 0. The Kier molecular flexibility index (Phi) is 39.2. The van der Waals surface area contributed by atoms with Crippen molar-refractivity contribution in [1.82, 2.24) is 0 Å². The van der Waals surface area contributed by atoms with Crippen LogP contribution in [-0.4, -0.2) is 0 Å². The maximum atomic E-state index is 2.12. The molecule has 0 spiro atoms. The number of hydrogen-bond donors (Lipinski definition) is 0. The highest BCUT2D eigenvalue weighted by Crippen LogP contribution is 2.15. The summed E-state index contributed by atoms with van der Waals surface area (Å²) in [7, 11) is 0. The molecule has 0 radical (unpaired) electrons. The zero-order valence-corrected chi connectivity index (χ0v) is 15.9. The molecule has 0 saturated heterocycles. The minimum absolute atomic E-state index is 1.25. The average Bonchev–Trinajstić information content (AvgIpc) is 2.55. The minimum Gasteiger partial charge on any atom is -0.0683 e. The molecule has 0 aromatic rings. The molecule has 0 aromatic heterocycles. The predicted molar refractivity (Wildman–Crippen MR) is 98.7 cm³/mol. The van der Waals surface area contributed by atoms with Gasteiger partial charge in [0.2, 0.25) is 0 Å². The van der Waals surface area contributed by atoms with E-state index in [1.54, 1.807) is 0 Å². The van der Waals surface area contributed by atoms with E-state index in [9.17, 15) is 0 Å². The van der Waals surface area contributed by atoms with E-state index in [4.69, 9.17) is 0 Å². The lowest BCUT2D eigenvalue weighted by Gasteiger charge is -2.05. The van der Waals surface area contributed by atoms with E-state index in [2.05, 4.69) is 27.7 Å². The van der Waals surface area contributed by atoms with Gasteiger partial charge in [0.15, 0.2) is 0 Å². The summed E-state index contributed by atoms with van der Waals surface area (Å²) in [6.45, 7) is 12.5. The van der Waals surface area contributed by atoms with Crippen LogP contribution in [0.3, 0.4) is 0 Å². The molecule has 2 rings (SSSR count). The monoisotopic (exact) mass is 286 g/mol. The predicted octanol–water partition coefficient (Wildman–Crippen LogP) is 8.54. The third-order valence-electron chi connectivity index (χ3n) is 3.00. The lowest BCUT2D eigenvalue weighted by atomic mass is 10.0. The molecule has 0 nitrogen and oxygen atoms in total. The van der Waals surface area contributed by atoms with Crippen molar-refractivity contribution in [3.63, 3.8) is 0 Å². The van der Waals surface area contributed by atoms with Crippen LogP contribution in [0, 0.1) is 0 Å². The van der Waals surface area contributed by atoms with Crippen molar-refractivity contribution >= 4 is 0 Å². The molecule has 2 aliphatic carbocycles. The van der Waals surface area contributed by atoms with Crippen LogP contribution < -0.4 is 0 Å². The molecule has 2 saturated carbocycles. The van der Waals surface area contributed by atoms with E-state index in [1.165, 1.54) is 89.9 Å². The van der Waals surface area contributed by atoms with Gasteiger partial charge in [0.05, 0.1) is 0 Å². The van der Waals surface area contributed by atoms with Gasteiger partial charge in [-0.05, 0) is 0 Å². The van der Waals surface area contributed by atoms with Gasteiger partial charge in [-0.25, -0.2) is 0 Å². The summed E-state index contributed by atoms with van der Waals surface area (Å²) in [4.78, 5) is 0. The summed E-state index contributed by atoms with van der Waals surface area (Å²) in [5, 5.41) is 0. The third-order valence-corrected chi connectivity index (χ3v) is 3.00. The quantitative estimate of drug-likeness (QED) is 0.418. The van der Waals surface area contributed by atoms with Crippen molar-refractivity contribution in [3.8, 4) is 0 Å². The molecule has 0 heterocycles. The van der Waals surface area contributed by atoms with Gasteiger partial charge in [-0.15, -0.1) is 0 Å². The third kappa shape index (κ3) is 36.1. The lowest BCUT2D eigenvalue weighted by Crippen LogP contribution is -1.85. The molecule has 126 valence electrons. The Morgan fingerprint density at radius 1 is 0.350 bits per heavy atom. The molecule has 0 aliphatic heterocycles. The zero-order chi connectivity index (χ0) is 15.9. The fourth-order valence-corrected chi connectivity index (χ4v) is 2.12. The van der Waals surface area contributed by atoms with Crippen molar-refractivity contribution in [2.45, 2.75) is 131 Å². The molecule has 2 fully saturated rings. The van der Waals surface area contributed by atoms with Gasteiger partial charge in [0.25, 0.3) is 0 Å². The second-order valence-electron chi connectivity index (χ2n) is 5.66. The van der Waals surface area contributed by atoms with Crippen molar-refractivity contribution in [3.05, 3.63) is 0 Å². The van der Waals surface area contributed by atoms with Gasteiger partial charge in [0, 0.05) is 0 Å². The topological polar surface area (TPSA) is 0 Å². The van der Waals surface area contributed by atoms with E-state index >= 15 is 0 Å². The Bertz CT molecular complexity index is 61.6. The van der Waals surface area contributed by atoms with Crippen LogP contribution in [0.4, 0.5) is 0 Å². The van der Waals surface area contributed by atoms with E-state index < -0.39 is 0 Å². The molecular formula is C20H46. The zero-order valence-electron chi connectivity index (χ0n) is 15.9. The van der Waals surface area contributed by atoms with Gasteiger partial charge < -0.3 is 0 Å². The molecule has 0 aromatic carbocycles. The molecule has 0 heteroatoms. The van der Waals surface area contributed by atoms with Crippen molar-refractivity contribution < 1.29 is 0 Å². The van der Waals surface area contributed by atoms with Crippen LogP contribution in [0.5, 0.6) is 0 Å². The van der Waals surface area contributed by atoms with Crippen LogP contribution in [0.25, 0.3) is 0 Å². The maximum absolute atomic E-state index is 2.12. The Hall–Kier alpha value is 0. The van der Waals surface area contributed by atoms with E-state index in [-0.39, 0.29) is 0 Å². The lowest BCUT2D eigenvalue weighted by molar-refractivity contribution is 0.504. The molecule has 0 atom stereocenters. The SMILES string of the molecule is C1CCCCC1.C1CCCCC1.CC.CCC.CCC. The highest BCUT2D eigenvalue weighted by atomic mass is 14.0. The van der Waals surface area contributed by atoms with Crippen LogP contribution >= 0.6 is 0 Å². The molecular weight excluding hydrogens is 240 g/mol. The van der Waals surface area contributed by atoms with Gasteiger partial charge in [-0.3, -0.25) is 0 Å². The Labute approximate surface area is 132 Å².